The third kappa shape index (κ3) is 4.88. The third-order valence-corrected chi connectivity index (χ3v) is 2.11. The fourth-order valence-corrected chi connectivity index (χ4v) is 1.30. The van der Waals surface area contributed by atoms with Gasteiger partial charge in [0.2, 0.25) is 5.91 Å². The summed E-state index contributed by atoms with van der Waals surface area (Å²) in [6.45, 7) is 8.07. The summed E-state index contributed by atoms with van der Waals surface area (Å²) in [4.78, 5) is 11.4. The normalized spacial score (nSPS) is 13.9. The number of hydrogen-bond acceptors (Lipinski definition) is 2. The van der Waals surface area contributed by atoms with Gasteiger partial charge >= 0.3 is 0 Å². The lowest BCUT2D eigenvalue weighted by molar-refractivity contribution is -0.124. The second kappa shape index (κ2) is 5.22. The Bertz CT molecular complexity index is 166. The molecule has 3 nitrogen and oxygen atoms in total. The van der Waals surface area contributed by atoms with Gasteiger partial charge in [0.1, 0.15) is 0 Å². The lowest BCUT2D eigenvalue weighted by atomic mass is 9.98. The number of nitrogens with one attached hydrogen (secondary N) is 1. The Hall–Kier alpha value is -0.570. The highest BCUT2D eigenvalue weighted by Crippen LogP contribution is 2.10. The number of rotatable bonds is 5. The van der Waals surface area contributed by atoms with E-state index >= 15 is 0 Å². The SMILES string of the molecule is CCCC(C)(C)NC(=O)[C@@H](N)CC. The Kier molecular flexibility index (Phi) is 4.99. The van der Waals surface area contributed by atoms with Gasteiger partial charge in [0.25, 0.3) is 0 Å². The zero-order chi connectivity index (χ0) is 10.5. The van der Waals surface area contributed by atoms with E-state index in [1.165, 1.54) is 0 Å². The van der Waals surface area contributed by atoms with Crippen LogP contribution in [0.15, 0.2) is 0 Å². The summed E-state index contributed by atoms with van der Waals surface area (Å²) >= 11 is 0. The van der Waals surface area contributed by atoms with Crippen molar-refractivity contribution in [3.05, 3.63) is 0 Å². The first-order valence-corrected chi connectivity index (χ1v) is 5.00. The molecule has 0 aliphatic heterocycles. The number of carbonyl (C=O) groups excluding carboxylic acids is 1. The van der Waals surface area contributed by atoms with Crippen molar-refractivity contribution in [1.82, 2.24) is 5.32 Å². The van der Waals surface area contributed by atoms with Crippen molar-refractivity contribution in [2.75, 3.05) is 0 Å². The van der Waals surface area contributed by atoms with Crippen LogP contribution in [0.5, 0.6) is 0 Å². The van der Waals surface area contributed by atoms with Crippen LogP contribution in [-0.4, -0.2) is 17.5 Å². The van der Waals surface area contributed by atoms with Crippen LogP contribution in [0.25, 0.3) is 0 Å². The molecule has 3 N–H and O–H groups in total. The van der Waals surface area contributed by atoms with Crippen molar-refractivity contribution in [2.45, 2.75) is 58.5 Å². The van der Waals surface area contributed by atoms with E-state index in [1.54, 1.807) is 0 Å². The van der Waals surface area contributed by atoms with Crippen LogP contribution in [0.2, 0.25) is 0 Å². The molecule has 3 heteroatoms. The van der Waals surface area contributed by atoms with Gasteiger partial charge in [-0.05, 0) is 26.7 Å². The van der Waals surface area contributed by atoms with E-state index in [-0.39, 0.29) is 17.5 Å². The molecule has 0 saturated carbocycles. The summed E-state index contributed by atoms with van der Waals surface area (Å²) in [6.07, 6.45) is 2.73. The van der Waals surface area contributed by atoms with E-state index in [4.69, 9.17) is 5.73 Å². The van der Waals surface area contributed by atoms with Crippen LogP contribution in [0.4, 0.5) is 0 Å². The monoisotopic (exact) mass is 186 g/mol. The number of hydrogen-bond donors (Lipinski definition) is 2. The first-order chi connectivity index (χ1) is 5.93. The predicted molar refractivity (Wildman–Crippen MR) is 55.4 cm³/mol. The summed E-state index contributed by atoms with van der Waals surface area (Å²) in [5, 5.41) is 2.94. The topological polar surface area (TPSA) is 55.1 Å². The van der Waals surface area contributed by atoms with Crippen LogP contribution in [0.3, 0.4) is 0 Å². The lowest BCUT2D eigenvalue weighted by Crippen LogP contribution is -2.50. The van der Waals surface area contributed by atoms with E-state index in [9.17, 15) is 4.79 Å². The smallest absolute Gasteiger partial charge is 0.237 e. The molecule has 0 spiro atoms. The molecule has 0 aromatic carbocycles. The molecular formula is C10H22N2O. The van der Waals surface area contributed by atoms with Crippen molar-refractivity contribution < 1.29 is 4.79 Å². The number of carbonyl (C=O) groups is 1. The van der Waals surface area contributed by atoms with Crippen molar-refractivity contribution in [2.24, 2.45) is 5.73 Å². The summed E-state index contributed by atoms with van der Waals surface area (Å²) in [5.74, 6) is -0.0408. The van der Waals surface area contributed by atoms with Gasteiger partial charge in [-0.2, -0.15) is 0 Å². The van der Waals surface area contributed by atoms with Crippen molar-refractivity contribution in [3.63, 3.8) is 0 Å². The fourth-order valence-electron chi connectivity index (χ4n) is 1.30. The Morgan fingerprint density at radius 2 is 2.00 bits per heavy atom. The largest absolute Gasteiger partial charge is 0.350 e. The van der Waals surface area contributed by atoms with E-state index in [0.29, 0.717) is 6.42 Å². The van der Waals surface area contributed by atoms with Gasteiger partial charge < -0.3 is 11.1 Å². The summed E-state index contributed by atoms with van der Waals surface area (Å²) < 4.78 is 0. The van der Waals surface area contributed by atoms with Gasteiger partial charge in [0.05, 0.1) is 6.04 Å². The third-order valence-electron chi connectivity index (χ3n) is 2.11. The van der Waals surface area contributed by atoms with Gasteiger partial charge in [-0.15, -0.1) is 0 Å². The zero-order valence-electron chi connectivity index (χ0n) is 9.18. The fraction of sp³-hybridized carbons (Fsp3) is 0.900. The van der Waals surface area contributed by atoms with Crippen LogP contribution in [0.1, 0.15) is 47.0 Å². The molecule has 0 aromatic heterocycles. The van der Waals surface area contributed by atoms with Crippen LogP contribution >= 0.6 is 0 Å². The van der Waals surface area contributed by atoms with Gasteiger partial charge in [-0.3, -0.25) is 4.79 Å². The highest BCUT2D eigenvalue weighted by molar-refractivity contribution is 5.82. The Morgan fingerprint density at radius 1 is 1.46 bits per heavy atom. The van der Waals surface area contributed by atoms with Gasteiger partial charge in [-0.25, -0.2) is 0 Å². The first-order valence-electron chi connectivity index (χ1n) is 5.00. The standard InChI is InChI=1S/C10H22N2O/c1-5-7-10(3,4)12-9(13)8(11)6-2/h8H,5-7,11H2,1-4H3,(H,12,13)/t8-/m0/s1. The van der Waals surface area contributed by atoms with E-state index in [1.807, 2.05) is 20.8 Å². The maximum absolute atomic E-state index is 11.4. The highest BCUT2D eigenvalue weighted by atomic mass is 16.2. The molecular weight excluding hydrogens is 164 g/mol. The quantitative estimate of drug-likeness (QED) is 0.682. The van der Waals surface area contributed by atoms with E-state index in [2.05, 4.69) is 12.2 Å². The van der Waals surface area contributed by atoms with Crippen molar-refractivity contribution in [3.8, 4) is 0 Å². The molecule has 0 unspecified atom stereocenters. The van der Waals surface area contributed by atoms with E-state index < -0.39 is 0 Å². The molecule has 0 bridgehead atoms. The Balaban J connectivity index is 4.03. The molecule has 0 aromatic rings. The van der Waals surface area contributed by atoms with E-state index in [0.717, 1.165) is 12.8 Å². The molecule has 1 amide bonds. The highest BCUT2D eigenvalue weighted by Gasteiger charge is 2.21. The first kappa shape index (κ1) is 12.4. The van der Waals surface area contributed by atoms with Gasteiger partial charge in [0.15, 0.2) is 0 Å². The summed E-state index contributed by atoms with van der Waals surface area (Å²) in [6, 6.07) is -0.365. The zero-order valence-corrected chi connectivity index (χ0v) is 9.18. The van der Waals surface area contributed by atoms with Crippen molar-refractivity contribution in [1.29, 1.82) is 0 Å². The second-order valence-electron chi connectivity index (χ2n) is 4.14. The average molecular weight is 186 g/mol. The Morgan fingerprint density at radius 3 is 2.38 bits per heavy atom. The minimum absolute atomic E-state index is 0.0408. The van der Waals surface area contributed by atoms with Crippen LogP contribution < -0.4 is 11.1 Å². The molecule has 0 aliphatic carbocycles. The maximum Gasteiger partial charge on any atom is 0.237 e. The molecule has 0 heterocycles. The van der Waals surface area contributed by atoms with Crippen LogP contribution in [0, 0.1) is 0 Å². The molecule has 1 atom stereocenters. The average Bonchev–Trinajstić information content (AvgIpc) is 2.01. The number of nitrogens with two attached hydrogens (primary N) is 1. The Labute approximate surface area is 81.1 Å². The molecule has 0 radical (unpaired) electrons. The minimum atomic E-state index is -0.365. The maximum atomic E-state index is 11.4. The molecule has 0 aliphatic rings. The molecule has 0 rings (SSSR count). The minimum Gasteiger partial charge on any atom is -0.350 e. The van der Waals surface area contributed by atoms with Crippen molar-refractivity contribution >= 4 is 5.91 Å². The predicted octanol–water partition coefficient (Wildman–Crippen LogP) is 1.42. The van der Waals surface area contributed by atoms with Crippen LogP contribution in [-0.2, 0) is 4.79 Å². The number of amides is 1. The molecule has 0 saturated heterocycles. The second-order valence-corrected chi connectivity index (χ2v) is 4.14. The summed E-state index contributed by atoms with van der Waals surface area (Å²) in [5.41, 5.74) is 5.48. The molecule has 78 valence electrons. The lowest BCUT2D eigenvalue weighted by Gasteiger charge is -2.27. The molecule has 0 fully saturated rings. The summed E-state index contributed by atoms with van der Waals surface area (Å²) in [7, 11) is 0. The molecule has 13 heavy (non-hydrogen) atoms. The van der Waals surface area contributed by atoms with Gasteiger partial charge in [-0.1, -0.05) is 20.3 Å². The van der Waals surface area contributed by atoms with Gasteiger partial charge in [0, 0.05) is 5.54 Å².